The predicted octanol–water partition coefficient (Wildman–Crippen LogP) is 3.29. The summed E-state index contributed by atoms with van der Waals surface area (Å²) in [5.74, 6) is 0.382. The van der Waals surface area contributed by atoms with Crippen LogP contribution in [0.5, 0.6) is 0 Å². The van der Waals surface area contributed by atoms with E-state index in [2.05, 4.69) is 49.5 Å². The molecule has 2 rings (SSSR count). The molecule has 3 nitrogen and oxygen atoms in total. The van der Waals surface area contributed by atoms with Gasteiger partial charge in [0.05, 0.1) is 6.04 Å². The van der Waals surface area contributed by atoms with E-state index in [0.29, 0.717) is 12.5 Å². The van der Waals surface area contributed by atoms with Crippen molar-refractivity contribution in [2.45, 2.75) is 32.7 Å². The van der Waals surface area contributed by atoms with Crippen LogP contribution in [0.2, 0.25) is 0 Å². The highest BCUT2D eigenvalue weighted by molar-refractivity contribution is 5.86. The number of fused-ring (bicyclic) bond motifs is 1. The van der Waals surface area contributed by atoms with Gasteiger partial charge in [-0.25, -0.2) is 0 Å². The molecule has 0 bridgehead atoms. The molecule has 1 atom stereocenters. The van der Waals surface area contributed by atoms with E-state index in [-0.39, 0.29) is 18.3 Å². The standard InChI is InChI=1S/C18H24N2O.ClH/c1-13(2)12-17(19)18(21)20-11-10-15-8-5-7-14-6-3-4-9-16(14)15;/h3-9,13,17H,10-12,19H2,1-2H3,(H,20,21);1H/t17-;/m0./s1. The Morgan fingerprint density at radius 1 is 1.14 bits per heavy atom. The second-order valence-corrected chi connectivity index (χ2v) is 5.92. The number of amides is 1. The Balaban J connectivity index is 0.00000242. The summed E-state index contributed by atoms with van der Waals surface area (Å²) in [4.78, 5) is 11.9. The Morgan fingerprint density at radius 3 is 2.55 bits per heavy atom. The van der Waals surface area contributed by atoms with Crippen molar-refractivity contribution in [1.29, 1.82) is 0 Å². The molecule has 0 aliphatic heterocycles. The summed E-state index contributed by atoms with van der Waals surface area (Å²) in [6.07, 6.45) is 1.54. The topological polar surface area (TPSA) is 55.1 Å². The fraction of sp³-hybridized carbons (Fsp3) is 0.389. The Labute approximate surface area is 138 Å². The second-order valence-electron chi connectivity index (χ2n) is 5.92. The molecule has 0 fully saturated rings. The average Bonchev–Trinajstić information content (AvgIpc) is 2.46. The number of carbonyl (C=O) groups is 1. The van der Waals surface area contributed by atoms with E-state index in [9.17, 15) is 4.79 Å². The molecule has 3 N–H and O–H groups in total. The van der Waals surface area contributed by atoms with Crippen LogP contribution >= 0.6 is 12.4 Å². The third-order valence-electron chi connectivity index (χ3n) is 3.64. The molecule has 0 aliphatic rings. The van der Waals surface area contributed by atoms with Gasteiger partial charge in [0, 0.05) is 6.54 Å². The molecule has 0 aromatic heterocycles. The highest BCUT2D eigenvalue weighted by Gasteiger charge is 2.14. The van der Waals surface area contributed by atoms with Crippen molar-refractivity contribution >= 4 is 29.1 Å². The van der Waals surface area contributed by atoms with E-state index in [0.717, 1.165) is 12.8 Å². The van der Waals surface area contributed by atoms with Gasteiger partial charge in [0.2, 0.25) is 5.91 Å². The fourth-order valence-corrected chi connectivity index (χ4v) is 2.58. The monoisotopic (exact) mass is 320 g/mol. The Morgan fingerprint density at radius 2 is 1.82 bits per heavy atom. The number of hydrogen-bond acceptors (Lipinski definition) is 2. The van der Waals surface area contributed by atoms with Crippen LogP contribution in [-0.2, 0) is 11.2 Å². The van der Waals surface area contributed by atoms with Gasteiger partial charge in [-0.2, -0.15) is 0 Å². The van der Waals surface area contributed by atoms with Gasteiger partial charge in [0.25, 0.3) is 0 Å². The Hall–Kier alpha value is -1.58. The predicted molar refractivity (Wildman–Crippen MR) is 95.3 cm³/mol. The van der Waals surface area contributed by atoms with Gasteiger partial charge in [-0.05, 0) is 35.1 Å². The average molecular weight is 321 g/mol. The molecule has 0 aliphatic carbocycles. The zero-order valence-corrected chi connectivity index (χ0v) is 14.0. The minimum absolute atomic E-state index is 0. The second kappa shape index (κ2) is 8.76. The number of carbonyl (C=O) groups excluding carboxylic acids is 1. The molecule has 2 aromatic rings. The zero-order valence-electron chi connectivity index (χ0n) is 13.2. The third-order valence-corrected chi connectivity index (χ3v) is 3.64. The number of nitrogens with one attached hydrogen (secondary N) is 1. The largest absolute Gasteiger partial charge is 0.354 e. The highest BCUT2D eigenvalue weighted by Crippen LogP contribution is 2.18. The number of benzene rings is 2. The van der Waals surface area contributed by atoms with Crippen molar-refractivity contribution in [3.63, 3.8) is 0 Å². The molecule has 4 heteroatoms. The fourth-order valence-electron chi connectivity index (χ4n) is 2.58. The van der Waals surface area contributed by atoms with Gasteiger partial charge in [-0.1, -0.05) is 56.3 Å². The summed E-state index contributed by atoms with van der Waals surface area (Å²) in [6, 6.07) is 14.2. The van der Waals surface area contributed by atoms with E-state index in [1.54, 1.807) is 0 Å². The summed E-state index contributed by atoms with van der Waals surface area (Å²) < 4.78 is 0. The quantitative estimate of drug-likeness (QED) is 0.858. The van der Waals surface area contributed by atoms with Gasteiger partial charge >= 0.3 is 0 Å². The zero-order chi connectivity index (χ0) is 15.2. The molecular weight excluding hydrogens is 296 g/mol. The first-order valence-electron chi connectivity index (χ1n) is 7.58. The molecule has 0 saturated carbocycles. The van der Waals surface area contributed by atoms with Crippen LogP contribution in [0, 0.1) is 5.92 Å². The first-order valence-corrected chi connectivity index (χ1v) is 7.58. The SMILES string of the molecule is CC(C)C[C@H](N)C(=O)NCCc1cccc2ccccc12.Cl. The van der Waals surface area contributed by atoms with Crippen molar-refractivity contribution in [3.8, 4) is 0 Å². The number of nitrogens with two attached hydrogens (primary N) is 1. The van der Waals surface area contributed by atoms with Crippen molar-refractivity contribution in [2.75, 3.05) is 6.54 Å². The smallest absolute Gasteiger partial charge is 0.236 e. The van der Waals surface area contributed by atoms with Crippen LogP contribution < -0.4 is 11.1 Å². The lowest BCUT2D eigenvalue weighted by Crippen LogP contribution is -2.42. The molecule has 22 heavy (non-hydrogen) atoms. The normalized spacial score (nSPS) is 12.0. The van der Waals surface area contributed by atoms with E-state index in [1.165, 1.54) is 16.3 Å². The minimum Gasteiger partial charge on any atom is -0.354 e. The molecule has 2 aromatic carbocycles. The highest BCUT2D eigenvalue weighted by atomic mass is 35.5. The first-order chi connectivity index (χ1) is 10.1. The first kappa shape index (κ1) is 18.5. The van der Waals surface area contributed by atoms with Crippen molar-refractivity contribution in [1.82, 2.24) is 5.32 Å². The lowest BCUT2D eigenvalue weighted by Gasteiger charge is -2.14. The third kappa shape index (κ3) is 5.00. The lowest BCUT2D eigenvalue weighted by molar-refractivity contribution is -0.122. The van der Waals surface area contributed by atoms with Gasteiger partial charge in [-0.15, -0.1) is 12.4 Å². The van der Waals surface area contributed by atoms with Crippen LogP contribution in [0.25, 0.3) is 10.8 Å². The van der Waals surface area contributed by atoms with E-state index in [4.69, 9.17) is 5.73 Å². The van der Waals surface area contributed by atoms with Gasteiger partial charge in [0.15, 0.2) is 0 Å². The molecule has 1 amide bonds. The van der Waals surface area contributed by atoms with Crippen molar-refractivity contribution < 1.29 is 4.79 Å². The van der Waals surface area contributed by atoms with Crippen molar-refractivity contribution in [3.05, 3.63) is 48.0 Å². The van der Waals surface area contributed by atoms with E-state index >= 15 is 0 Å². The molecule has 120 valence electrons. The van der Waals surface area contributed by atoms with E-state index in [1.807, 2.05) is 12.1 Å². The van der Waals surface area contributed by atoms with Crippen LogP contribution in [0.15, 0.2) is 42.5 Å². The number of rotatable bonds is 6. The summed E-state index contributed by atoms with van der Waals surface area (Å²) in [7, 11) is 0. The molecular formula is C18H25ClN2O. The number of halogens is 1. The van der Waals surface area contributed by atoms with Crippen LogP contribution in [-0.4, -0.2) is 18.5 Å². The summed E-state index contributed by atoms with van der Waals surface area (Å²) in [5.41, 5.74) is 7.13. The maximum atomic E-state index is 11.9. The Bertz CT molecular complexity index is 608. The maximum absolute atomic E-state index is 11.9. The van der Waals surface area contributed by atoms with Crippen molar-refractivity contribution in [2.24, 2.45) is 11.7 Å². The van der Waals surface area contributed by atoms with Gasteiger partial charge in [0.1, 0.15) is 0 Å². The Kier molecular flexibility index (Phi) is 7.36. The summed E-state index contributed by atoms with van der Waals surface area (Å²) in [5, 5.41) is 5.42. The van der Waals surface area contributed by atoms with Crippen LogP contribution in [0.3, 0.4) is 0 Å². The molecule has 0 unspecified atom stereocenters. The molecule has 0 radical (unpaired) electrons. The van der Waals surface area contributed by atoms with Gasteiger partial charge < -0.3 is 11.1 Å². The van der Waals surface area contributed by atoms with Crippen LogP contribution in [0.1, 0.15) is 25.8 Å². The molecule has 0 saturated heterocycles. The number of hydrogen-bond donors (Lipinski definition) is 2. The summed E-state index contributed by atoms with van der Waals surface area (Å²) >= 11 is 0. The lowest BCUT2D eigenvalue weighted by atomic mass is 10.0. The minimum atomic E-state index is -0.405. The molecule has 0 heterocycles. The van der Waals surface area contributed by atoms with Crippen LogP contribution in [0.4, 0.5) is 0 Å². The van der Waals surface area contributed by atoms with Gasteiger partial charge in [-0.3, -0.25) is 4.79 Å². The summed E-state index contributed by atoms with van der Waals surface area (Å²) in [6.45, 7) is 4.77. The molecule has 0 spiro atoms. The maximum Gasteiger partial charge on any atom is 0.236 e. The van der Waals surface area contributed by atoms with E-state index < -0.39 is 6.04 Å².